The Bertz CT molecular complexity index is 535. The molecule has 0 fully saturated rings. The van der Waals surface area contributed by atoms with Gasteiger partial charge in [0.1, 0.15) is 0 Å². The van der Waals surface area contributed by atoms with Crippen LogP contribution in [0.5, 0.6) is 0 Å². The minimum atomic E-state index is -0.901. The molecule has 20 heavy (non-hydrogen) atoms. The second-order valence-corrected chi connectivity index (χ2v) is 5.96. The third-order valence-electron chi connectivity index (χ3n) is 3.21. The van der Waals surface area contributed by atoms with Gasteiger partial charge in [-0.05, 0) is 36.8 Å². The van der Waals surface area contributed by atoms with E-state index < -0.39 is 5.60 Å². The minimum absolute atomic E-state index is 0.133. The second kappa shape index (κ2) is 6.68. The van der Waals surface area contributed by atoms with Gasteiger partial charge in [0, 0.05) is 17.5 Å². The highest BCUT2D eigenvalue weighted by atomic mass is 32.1. The van der Waals surface area contributed by atoms with Crippen molar-refractivity contribution < 1.29 is 9.90 Å². The van der Waals surface area contributed by atoms with Gasteiger partial charge in [0.15, 0.2) is 0 Å². The molecule has 1 aromatic heterocycles. The molecule has 1 amide bonds. The summed E-state index contributed by atoms with van der Waals surface area (Å²) in [7, 11) is 0. The lowest BCUT2D eigenvalue weighted by molar-refractivity contribution is 0.0478. The van der Waals surface area contributed by atoms with Gasteiger partial charge in [-0.15, -0.1) is 0 Å². The molecule has 0 aliphatic carbocycles. The smallest absolute Gasteiger partial charge is 0.252 e. The number of nitrogens with one attached hydrogen (secondary N) is 1. The summed E-state index contributed by atoms with van der Waals surface area (Å²) in [4.78, 5) is 11.8. The average Bonchev–Trinajstić information content (AvgIpc) is 2.98. The number of aryl methyl sites for hydroxylation is 1. The van der Waals surface area contributed by atoms with Gasteiger partial charge in [0.2, 0.25) is 0 Å². The van der Waals surface area contributed by atoms with Crippen molar-refractivity contribution in [1.82, 2.24) is 5.32 Å². The molecule has 2 N–H and O–H groups in total. The fourth-order valence-corrected chi connectivity index (χ4v) is 2.55. The van der Waals surface area contributed by atoms with Crippen molar-refractivity contribution in [2.75, 3.05) is 6.54 Å². The molecule has 1 aromatic carbocycles. The zero-order valence-electron chi connectivity index (χ0n) is 11.5. The molecule has 2 aromatic rings. The van der Waals surface area contributed by atoms with Crippen LogP contribution in [-0.4, -0.2) is 23.2 Å². The third kappa shape index (κ3) is 4.47. The summed E-state index contributed by atoms with van der Waals surface area (Å²) >= 11 is 1.49. The molecule has 0 unspecified atom stereocenters. The van der Waals surface area contributed by atoms with Gasteiger partial charge >= 0.3 is 0 Å². The number of amides is 1. The van der Waals surface area contributed by atoms with Crippen molar-refractivity contribution in [3.05, 3.63) is 58.3 Å². The van der Waals surface area contributed by atoms with Gasteiger partial charge in [-0.3, -0.25) is 4.79 Å². The van der Waals surface area contributed by atoms with Gasteiger partial charge in [-0.1, -0.05) is 30.3 Å². The lowest BCUT2D eigenvalue weighted by Crippen LogP contribution is -2.40. The first-order valence-electron chi connectivity index (χ1n) is 6.63. The van der Waals surface area contributed by atoms with Crippen LogP contribution in [0.15, 0.2) is 47.2 Å². The van der Waals surface area contributed by atoms with E-state index in [1.807, 2.05) is 35.7 Å². The molecule has 0 aliphatic rings. The summed E-state index contributed by atoms with van der Waals surface area (Å²) in [5, 5.41) is 16.8. The molecular formula is C16H19NO2S. The molecule has 0 bridgehead atoms. The SMILES string of the molecule is C[C@](O)(CCc1ccccc1)CNC(=O)c1ccsc1. The van der Waals surface area contributed by atoms with E-state index in [4.69, 9.17) is 0 Å². The Morgan fingerprint density at radius 3 is 2.70 bits per heavy atom. The zero-order chi connectivity index (χ0) is 14.4. The van der Waals surface area contributed by atoms with Crippen LogP contribution in [0.25, 0.3) is 0 Å². The Kier molecular flexibility index (Phi) is 4.93. The normalized spacial score (nSPS) is 13.7. The van der Waals surface area contributed by atoms with Crippen LogP contribution in [0.3, 0.4) is 0 Å². The van der Waals surface area contributed by atoms with E-state index in [9.17, 15) is 9.90 Å². The van der Waals surface area contributed by atoms with Crippen molar-refractivity contribution in [2.45, 2.75) is 25.4 Å². The number of carbonyl (C=O) groups excluding carboxylic acids is 1. The number of hydrogen-bond donors (Lipinski definition) is 2. The van der Waals surface area contributed by atoms with Crippen LogP contribution in [0, 0.1) is 0 Å². The molecule has 4 heteroatoms. The van der Waals surface area contributed by atoms with E-state index in [2.05, 4.69) is 5.32 Å². The maximum atomic E-state index is 11.8. The van der Waals surface area contributed by atoms with Gasteiger partial charge in [0.25, 0.3) is 5.91 Å². The number of benzene rings is 1. The Morgan fingerprint density at radius 1 is 1.30 bits per heavy atom. The summed E-state index contributed by atoms with van der Waals surface area (Å²) in [5.41, 5.74) is 0.937. The maximum absolute atomic E-state index is 11.8. The predicted octanol–water partition coefficient (Wildman–Crippen LogP) is 2.86. The lowest BCUT2D eigenvalue weighted by Gasteiger charge is -2.23. The molecule has 2 rings (SSSR count). The second-order valence-electron chi connectivity index (χ2n) is 5.18. The van der Waals surface area contributed by atoms with Gasteiger partial charge in [-0.2, -0.15) is 11.3 Å². The molecule has 0 saturated heterocycles. The van der Waals surface area contributed by atoms with Crippen LogP contribution in [0.4, 0.5) is 0 Å². The molecule has 106 valence electrons. The van der Waals surface area contributed by atoms with Crippen LogP contribution in [0.2, 0.25) is 0 Å². The predicted molar refractivity (Wildman–Crippen MR) is 82.0 cm³/mol. The zero-order valence-corrected chi connectivity index (χ0v) is 12.3. The van der Waals surface area contributed by atoms with Crippen LogP contribution in [0.1, 0.15) is 29.3 Å². The molecule has 0 aliphatic heterocycles. The van der Waals surface area contributed by atoms with Gasteiger partial charge in [0.05, 0.1) is 5.60 Å². The van der Waals surface area contributed by atoms with E-state index in [0.29, 0.717) is 12.0 Å². The highest BCUT2D eigenvalue weighted by Gasteiger charge is 2.21. The molecule has 1 heterocycles. The van der Waals surface area contributed by atoms with Crippen molar-refractivity contribution in [3.8, 4) is 0 Å². The van der Waals surface area contributed by atoms with E-state index in [1.165, 1.54) is 16.9 Å². The molecule has 0 spiro atoms. The van der Waals surface area contributed by atoms with Crippen molar-refractivity contribution in [1.29, 1.82) is 0 Å². The van der Waals surface area contributed by atoms with Crippen molar-refractivity contribution in [3.63, 3.8) is 0 Å². The van der Waals surface area contributed by atoms with Crippen LogP contribution < -0.4 is 5.32 Å². The van der Waals surface area contributed by atoms with E-state index >= 15 is 0 Å². The summed E-state index contributed by atoms with van der Waals surface area (Å²) in [6.45, 7) is 2.01. The number of carbonyl (C=O) groups is 1. The quantitative estimate of drug-likeness (QED) is 0.859. The Hall–Kier alpha value is -1.65. The molecule has 0 radical (unpaired) electrons. The first kappa shape index (κ1) is 14.8. The van der Waals surface area contributed by atoms with Crippen molar-refractivity contribution >= 4 is 17.2 Å². The van der Waals surface area contributed by atoms with Crippen LogP contribution >= 0.6 is 11.3 Å². The third-order valence-corrected chi connectivity index (χ3v) is 3.89. The van der Waals surface area contributed by atoms with Gasteiger partial charge < -0.3 is 10.4 Å². The molecule has 3 nitrogen and oxygen atoms in total. The monoisotopic (exact) mass is 289 g/mol. The topological polar surface area (TPSA) is 49.3 Å². The Morgan fingerprint density at radius 2 is 2.05 bits per heavy atom. The highest BCUT2D eigenvalue weighted by molar-refractivity contribution is 7.08. The Labute approximate surface area is 123 Å². The average molecular weight is 289 g/mol. The Balaban J connectivity index is 1.80. The van der Waals surface area contributed by atoms with E-state index in [-0.39, 0.29) is 12.5 Å². The number of thiophene rings is 1. The molecular weight excluding hydrogens is 270 g/mol. The summed E-state index contributed by atoms with van der Waals surface area (Å²) in [5.74, 6) is -0.133. The number of hydrogen-bond acceptors (Lipinski definition) is 3. The number of aliphatic hydroxyl groups is 1. The maximum Gasteiger partial charge on any atom is 0.252 e. The molecule has 0 saturated carbocycles. The summed E-state index contributed by atoms with van der Waals surface area (Å²) in [6, 6.07) is 11.8. The molecule has 1 atom stereocenters. The lowest BCUT2D eigenvalue weighted by atomic mass is 9.96. The first-order chi connectivity index (χ1) is 9.57. The largest absolute Gasteiger partial charge is 0.388 e. The summed E-state index contributed by atoms with van der Waals surface area (Å²) in [6.07, 6.45) is 1.41. The minimum Gasteiger partial charge on any atom is -0.388 e. The van der Waals surface area contributed by atoms with E-state index in [1.54, 1.807) is 18.4 Å². The van der Waals surface area contributed by atoms with E-state index in [0.717, 1.165) is 6.42 Å². The van der Waals surface area contributed by atoms with Gasteiger partial charge in [-0.25, -0.2) is 0 Å². The number of rotatable bonds is 6. The fraction of sp³-hybridized carbons (Fsp3) is 0.312. The first-order valence-corrected chi connectivity index (χ1v) is 7.58. The van der Waals surface area contributed by atoms with Crippen LogP contribution in [-0.2, 0) is 6.42 Å². The fourth-order valence-electron chi connectivity index (χ4n) is 1.91. The standard InChI is InChI=1S/C16H19NO2S/c1-16(19,9-7-13-5-3-2-4-6-13)12-17-15(18)14-8-10-20-11-14/h2-6,8,10-11,19H,7,9,12H2,1H3,(H,17,18)/t16-/m0/s1. The van der Waals surface area contributed by atoms with Crippen molar-refractivity contribution in [2.24, 2.45) is 0 Å². The summed E-state index contributed by atoms with van der Waals surface area (Å²) < 4.78 is 0. The highest BCUT2D eigenvalue weighted by Crippen LogP contribution is 2.14.